The standard InChI is InChI=1S/C14H17NO4S2/c1-10(13-5-4-8-20-13)15-21(16,17)14-9-11(18-2)6-7-12(14)19-3/h4-10,15H,1-3H3. The van der Waals surface area contributed by atoms with Crippen molar-refractivity contribution in [3.63, 3.8) is 0 Å². The van der Waals surface area contributed by atoms with Crippen LogP contribution >= 0.6 is 11.3 Å². The van der Waals surface area contributed by atoms with Crippen molar-refractivity contribution < 1.29 is 17.9 Å². The van der Waals surface area contributed by atoms with Crippen molar-refractivity contribution in [1.29, 1.82) is 0 Å². The van der Waals surface area contributed by atoms with Gasteiger partial charge in [0.05, 0.1) is 20.3 Å². The number of sulfonamides is 1. The Balaban J connectivity index is 2.34. The van der Waals surface area contributed by atoms with Gasteiger partial charge in [0.25, 0.3) is 0 Å². The predicted molar refractivity (Wildman–Crippen MR) is 82.6 cm³/mol. The normalized spacial score (nSPS) is 12.9. The molecule has 114 valence electrons. The second-order valence-corrected chi connectivity index (χ2v) is 7.04. The zero-order valence-corrected chi connectivity index (χ0v) is 13.6. The Hall–Kier alpha value is -1.57. The molecule has 7 heteroatoms. The first kappa shape index (κ1) is 15.8. The van der Waals surface area contributed by atoms with Gasteiger partial charge >= 0.3 is 0 Å². The summed E-state index contributed by atoms with van der Waals surface area (Å²) >= 11 is 1.50. The summed E-state index contributed by atoms with van der Waals surface area (Å²) in [4.78, 5) is 1.01. The van der Waals surface area contributed by atoms with E-state index in [4.69, 9.17) is 9.47 Å². The Morgan fingerprint density at radius 2 is 1.95 bits per heavy atom. The number of hydrogen-bond donors (Lipinski definition) is 1. The highest BCUT2D eigenvalue weighted by Gasteiger charge is 2.23. The molecule has 1 atom stereocenters. The average molecular weight is 327 g/mol. The Bertz CT molecular complexity index is 696. The molecule has 0 bridgehead atoms. The minimum absolute atomic E-state index is 0.0627. The molecule has 1 N–H and O–H groups in total. The highest BCUT2D eigenvalue weighted by Crippen LogP contribution is 2.29. The molecule has 0 radical (unpaired) electrons. The molecule has 0 aliphatic carbocycles. The topological polar surface area (TPSA) is 64.6 Å². The van der Waals surface area contributed by atoms with Crippen LogP contribution in [0.5, 0.6) is 11.5 Å². The van der Waals surface area contributed by atoms with Gasteiger partial charge in [-0.15, -0.1) is 11.3 Å². The van der Waals surface area contributed by atoms with Crippen LogP contribution in [0.15, 0.2) is 40.6 Å². The summed E-state index contributed by atoms with van der Waals surface area (Å²) < 4.78 is 37.9. The van der Waals surface area contributed by atoms with Crippen molar-refractivity contribution in [2.45, 2.75) is 17.9 Å². The Kier molecular flexibility index (Phi) is 4.87. The third kappa shape index (κ3) is 3.55. The van der Waals surface area contributed by atoms with E-state index < -0.39 is 10.0 Å². The molecule has 1 heterocycles. The first-order chi connectivity index (χ1) is 9.97. The van der Waals surface area contributed by atoms with Gasteiger partial charge in [-0.05, 0) is 30.5 Å². The smallest absolute Gasteiger partial charge is 0.244 e. The van der Waals surface area contributed by atoms with Gasteiger partial charge in [-0.1, -0.05) is 6.07 Å². The molecule has 1 aromatic carbocycles. The average Bonchev–Trinajstić information content (AvgIpc) is 3.00. The second kappa shape index (κ2) is 6.46. The summed E-state index contributed by atoms with van der Waals surface area (Å²) in [5, 5.41) is 1.91. The minimum atomic E-state index is -3.71. The highest BCUT2D eigenvalue weighted by atomic mass is 32.2. The fraction of sp³-hybridized carbons (Fsp3) is 0.286. The molecule has 1 unspecified atom stereocenters. The molecule has 0 aliphatic rings. The van der Waals surface area contributed by atoms with Crippen LogP contribution in [0.4, 0.5) is 0 Å². The number of benzene rings is 1. The first-order valence-corrected chi connectivity index (χ1v) is 8.62. The lowest BCUT2D eigenvalue weighted by Gasteiger charge is -2.15. The molecule has 0 spiro atoms. The van der Waals surface area contributed by atoms with Crippen molar-refractivity contribution in [3.05, 3.63) is 40.6 Å². The summed E-state index contributed by atoms with van der Waals surface area (Å²) in [6.45, 7) is 1.80. The molecule has 1 aromatic heterocycles. The molecule has 0 amide bonds. The maximum Gasteiger partial charge on any atom is 0.244 e. The van der Waals surface area contributed by atoms with Crippen LogP contribution in [0.1, 0.15) is 17.8 Å². The summed E-state index contributed by atoms with van der Waals surface area (Å²) in [6.07, 6.45) is 0. The predicted octanol–water partition coefficient (Wildman–Crippen LogP) is 2.80. The molecule has 0 saturated carbocycles. The molecule has 0 aliphatic heterocycles. The molecule has 0 saturated heterocycles. The fourth-order valence-electron chi connectivity index (χ4n) is 1.89. The molecular formula is C14H17NO4S2. The van der Waals surface area contributed by atoms with E-state index in [0.29, 0.717) is 5.75 Å². The maximum absolute atomic E-state index is 12.5. The van der Waals surface area contributed by atoms with Crippen molar-refractivity contribution in [1.82, 2.24) is 4.72 Å². The van der Waals surface area contributed by atoms with Gasteiger partial charge in [-0.2, -0.15) is 0 Å². The number of ether oxygens (including phenoxy) is 2. The van der Waals surface area contributed by atoms with E-state index in [1.807, 2.05) is 17.5 Å². The van der Waals surface area contributed by atoms with E-state index in [9.17, 15) is 8.42 Å². The second-order valence-electron chi connectivity index (χ2n) is 4.38. The van der Waals surface area contributed by atoms with Crippen LogP contribution < -0.4 is 14.2 Å². The summed E-state index contributed by atoms with van der Waals surface area (Å²) in [5.41, 5.74) is 0. The Morgan fingerprint density at radius 3 is 2.52 bits per heavy atom. The van der Waals surface area contributed by atoms with Gasteiger partial charge in [-0.3, -0.25) is 0 Å². The lowest BCUT2D eigenvalue weighted by Crippen LogP contribution is -2.26. The van der Waals surface area contributed by atoms with Crippen LogP contribution in [0.25, 0.3) is 0 Å². The third-order valence-electron chi connectivity index (χ3n) is 2.96. The maximum atomic E-state index is 12.5. The summed E-state index contributed by atoms with van der Waals surface area (Å²) in [5.74, 6) is 0.738. The van der Waals surface area contributed by atoms with Gasteiger partial charge in [0.2, 0.25) is 10.0 Å². The molecular weight excluding hydrogens is 310 g/mol. The lowest BCUT2D eigenvalue weighted by atomic mass is 10.3. The molecule has 2 aromatic rings. The van der Waals surface area contributed by atoms with Crippen LogP contribution in [-0.4, -0.2) is 22.6 Å². The summed E-state index contributed by atoms with van der Waals surface area (Å²) in [6, 6.07) is 8.13. The van der Waals surface area contributed by atoms with Crippen molar-refractivity contribution in [3.8, 4) is 11.5 Å². The van der Waals surface area contributed by atoms with Crippen molar-refractivity contribution >= 4 is 21.4 Å². The Labute approximate surface area is 128 Å². The SMILES string of the molecule is COc1ccc(OC)c(S(=O)(=O)NC(C)c2cccs2)c1. The van der Waals surface area contributed by atoms with E-state index in [2.05, 4.69) is 4.72 Å². The number of nitrogens with one attached hydrogen (secondary N) is 1. The Morgan fingerprint density at radius 1 is 1.19 bits per heavy atom. The largest absolute Gasteiger partial charge is 0.497 e. The highest BCUT2D eigenvalue weighted by molar-refractivity contribution is 7.89. The van der Waals surface area contributed by atoms with Gasteiger partial charge in [-0.25, -0.2) is 13.1 Å². The molecule has 21 heavy (non-hydrogen) atoms. The van der Waals surface area contributed by atoms with E-state index in [1.165, 1.54) is 31.6 Å². The van der Waals surface area contributed by atoms with Gasteiger partial charge < -0.3 is 9.47 Å². The zero-order valence-electron chi connectivity index (χ0n) is 12.0. The van der Waals surface area contributed by atoms with Crippen molar-refractivity contribution in [2.24, 2.45) is 0 Å². The van der Waals surface area contributed by atoms with Crippen LogP contribution in [-0.2, 0) is 10.0 Å². The number of thiophene rings is 1. The van der Waals surface area contributed by atoms with Gasteiger partial charge in [0, 0.05) is 10.9 Å². The van der Waals surface area contributed by atoms with E-state index in [1.54, 1.807) is 19.1 Å². The minimum Gasteiger partial charge on any atom is -0.497 e. The van der Waals surface area contributed by atoms with Crippen LogP contribution in [0, 0.1) is 0 Å². The third-order valence-corrected chi connectivity index (χ3v) is 5.58. The molecule has 2 rings (SSSR count). The van der Waals surface area contributed by atoms with E-state index in [0.717, 1.165) is 4.88 Å². The lowest BCUT2D eigenvalue weighted by molar-refractivity contribution is 0.391. The van der Waals surface area contributed by atoms with Crippen LogP contribution in [0.3, 0.4) is 0 Å². The quantitative estimate of drug-likeness (QED) is 0.886. The number of methoxy groups -OCH3 is 2. The van der Waals surface area contributed by atoms with Gasteiger partial charge in [0.15, 0.2) is 0 Å². The first-order valence-electron chi connectivity index (χ1n) is 6.25. The van der Waals surface area contributed by atoms with E-state index >= 15 is 0 Å². The van der Waals surface area contributed by atoms with E-state index in [-0.39, 0.29) is 16.7 Å². The zero-order chi connectivity index (χ0) is 15.5. The van der Waals surface area contributed by atoms with Crippen LogP contribution in [0.2, 0.25) is 0 Å². The number of rotatable bonds is 6. The van der Waals surface area contributed by atoms with Crippen molar-refractivity contribution in [2.75, 3.05) is 14.2 Å². The van der Waals surface area contributed by atoms with Gasteiger partial charge in [0.1, 0.15) is 16.4 Å². The molecule has 0 fully saturated rings. The fourth-order valence-corrected chi connectivity index (χ4v) is 4.10. The number of hydrogen-bond acceptors (Lipinski definition) is 5. The molecule has 5 nitrogen and oxygen atoms in total. The monoisotopic (exact) mass is 327 g/mol. The summed E-state index contributed by atoms with van der Waals surface area (Å²) in [7, 11) is -0.789.